The van der Waals surface area contributed by atoms with Crippen LogP contribution in [0, 0.1) is 5.92 Å². The van der Waals surface area contributed by atoms with Crippen molar-refractivity contribution < 1.29 is 43.7 Å². The van der Waals surface area contributed by atoms with E-state index < -0.39 is 72.6 Å². The first-order valence-electron chi connectivity index (χ1n) is 15.8. The van der Waals surface area contributed by atoms with Gasteiger partial charge in [-0.3, -0.25) is 19.2 Å². The van der Waals surface area contributed by atoms with Crippen molar-refractivity contribution in [1.29, 1.82) is 0 Å². The minimum Gasteiger partial charge on any atom is -0.445 e. The van der Waals surface area contributed by atoms with E-state index in [1.54, 1.807) is 44.2 Å². The van der Waals surface area contributed by atoms with Crippen LogP contribution in [0.5, 0.6) is 0 Å². The quantitative estimate of drug-likeness (QED) is 0.104. The van der Waals surface area contributed by atoms with Crippen molar-refractivity contribution in [2.75, 3.05) is 6.61 Å². The molecule has 2 aromatic carbocycles. The summed E-state index contributed by atoms with van der Waals surface area (Å²) in [4.78, 5) is 74.4. The van der Waals surface area contributed by atoms with Gasteiger partial charge in [-0.25, -0.2) is 4.79 Å². The van der Waals surface area contributed by atoms with Crippen LogP contribution in [0.1, 0.15) is 51.7 Å². The summed E-state index contributed by atoms with van der Waals surface area (Å²) in [6, 6.07) is 12.8. The van der Waals surface area contributed by atoms with Crippen molar-refractivity contribution in [3.8, 4) is 0 Å². The van der Waals surface area contributed by atoms with E-state index in [1.165, 1.54) is 13.8 Å². The van der Waals surface area contributed by atoms with Crippen LogP contribution in [0.15, 0.2) is 60.7 Å². The van der Waals surface area contributed by atoms with Gasteiger partial charge < -0.3 is 46.3 Å². The van der Waals surface area contributed by atoms with Crippen molar-refractivity contribution in [2.24, 2.45) is 5.92 Å². The number of ether oxygens (including phenoxy) is 1. The van der Waals surface area contributed by atoms with E-state index in [0.717, 1.165) is 11.1 Å². The predicted octanol–water partition coefficient (Wildman–Crippen LogP) is 0.491. The second kappa shape index (κ2) is 20.4. The Bertz CT molecular complexity index is 1340. The number of rotatable bonds is 19. The molecule has 14 heteroatoms. The molecule has 0 saturated carbocycles. The second-order valence-electron chi connectivity index (χ2n) is 11.8. The molecule has 0 saturated heterocycles. The van der Waals surface area contributed by atoms with Gasteiger partial charge in [-0.2, -0.15) is 0 Å². The molecule has 0 aliphatic rings. The minimum absolute atomic E-state index is 0.00303. The lowest BCUT2D eigenvalue weighted by atomic mass is 9.97. The zero-order chi connectivity index (χ0) is 35.6. The molecule has 0 aliphatic heterocycles. The van der Waals surface area contributed by atoms with Crippen LogP contribution in [-0.4, -0.2) is 89.1 Å². The van der Waals surface area contributed by atoms with Gasteiger partial charge in [-0.05, 0) is 43.7 Å². The van der Waals surface area contributed by atoms with Crippen molar-refractivity contribution in [1.82, 2.24) is 26.6 Å². The van der Waals surface area contributed by atoms with E-state index in [-0.39, 0.29) is 31.8 Å². The number of aliphatic hydroxyl groups is 2. The lowest BCUT2D eigenvalue weighted by Gasteiger charge is -2.27. The lowest BCUT2D eigenvalue weighted by molar-refractivity contribution is -0.132. The molecule has 0 heterocycles. The Morgan fingerprint density at radius 2 is 1.29 bits per heavy atom. The fraction of sp³-hybridized carbons (Fsp3) is 0.471. The van der Waals surface area contributed by atoms with Crippen molar-refractivity contribution in [2.45, 2.75) is 89.9 Å². The lowest BCUT2D eigenvalue weighted by Crippen LogP contribution is -2.57. The molecule has 5 amide bonds. The van der Waals surface area contributed by atoms with Gasteiger partial charge in [-0.15, -0.1) is 0 Å². The summed E-state index contributed by atoms with van der Waals surface area (Å²) < 4.78 is 5.07. The first-order valence-corrected chi connectivity index (χ1v) is 15.8. The van der Waals surface area contributed by atoms with Gasteiger partial charge in [0, 0.05) is 6.42 Å². The number of nitrogens with one attached hydrogen (secondary N) is 5. The molecule has 0 bridgehead atoms. The fourth-order valence-electron chi connectivity index (χ4n) is 4.44. The van der Waals surface area contributed by atoms with E-state index in [4.69, 9.17) is 4.74 Å². The van der Waals surface area contributed by atoms with Gasteiger partial charge in [-0.1, -0.05) is 74.5 Å². The van der Waals surface area contributed by atoms with Gasteiger partial charge >= 0.3 is 6.09 Å². The van der Waals surface area contributed by atoms with Crippen LogP contribution in [0.3, 0.4) is 0 Å². The van der Waals surface area contributed by atoms with E-state index in [0.29, 0.717) is 6.29 Å². The maximum atomic E-state index is 13.1. The van der Waals surface area contributed by atoms with Crippen LogP contribution < -0.4 is 26.6 Å². The molecule has 0 radical (unpaired) electrons. The maximum Gasteiger partial charge on any atom is 0.408 e. The van der Waals surface area contributed by atoms with Crippen LogP contribution >= 0.6 is 0 Å². The number of amides is 5. The number of hydrogen-bond donors (Lipinski definition) is 7. The third kappa shape index (κ3) is 13.9. The molecule has 2 rings (SSSR count). The Balaban J connectivity index is 1.93. The highest BCUT2D eigenvalue weighted by atomic mass is 16.5. The Labute approximate surface area is 280 Å². The number of carbonyl (C=O) groups is 6. The SMILES string of the molecule is CC(NC(=O)C(C)NC(=O)[C@@H](CO)NC(=O)OCc1ccccc1)C(=O)NC(Cc1ccccc1)C(O)CCC(=O)NC(C=O)C(C)C. The summed E-state index contributed by atoms with van der Waals surface area (Å²) in [5.41, 5.74) is 1.54. The highest BCUT2D eigenvalue weighted by Gasteiger charge is 2.29. The van der Waals surface area contributed by atoms with Crippen molar-refractivity contribution in [3.63, 3.8) is 0 Å². The van der Waals surface area contributed by atoms with E-state index in [1.807, 2.05) is 30.3 Å². The molecular formula is C34H47N5O9. The van der Waals surface area contributed by atoms with Crippen molar-refractivity contribution >= 4 is 36.0 Å². The molecule has 6 atom stereocenters. The van der Waals surface area contributed by atoms with Crippen LogP contribution in [0.2, 0.25) is 0 Å². The van der Waals surface area contributed by atoms with Crippen LogP contribution in [0.25, 0.3) is 0 Å². The molecule has 262 valence electrons. The zero-order valence-electron chi connectivity index (χ0n) is 27.7. The van der Waals surface area contributed by atoms with Gasteiger partial charge in [0.15, 0.2) is 0 Å². The number of hydrogen-bond acceptors (Lipinski definition) is 9. The van der Waals surface area contributed by atoms with E-state index in [2.05, 4.69) is 26.6 Å². The summed E-state index contributed by atoms with van der Waals surface area (Å²) in [6.07, 6.45) is -1.28. The van der Waals surface area contributed by atoms with Crippen LogP contribution in [0.4, 0.5) is 4.79 Å². The number of alkyl carbamates (subject to hydrolysis) is 1. The predicted molar refractivity (Wildman–Crippen MR) is 176 cm³/mol. The van der Waals surface area contributed by atoms with Gasteiger partial charge in [0.1, 0.15) is 31.0 Å². The number of carbonyl (C=O) groups excluding carboxylic acids is 6. The van der Waals surface area contributed by atoms with E-state index in [9.17, 15) is 39.0 Å². The summed E-state index contributed by atoms with van der Waals surface area (Å²) in [5, 5.41) is 33.1. The normalized spacial score (nSPS) is 14.6. The molecule has 7 N–H and O–H groups in total. The Kier molecular flexibility index (Phi) is 16.7. The first kappa shape index (κ1) is 39.4. The summed E-state index contributed by atoms with van der Waals surface area (Å²) >= 11 is 0. The minimum atomic E-state index is -1.40. The fourth-order valence-corrected chi connectivity index (χ4v) is 4.44. The zero-order valence-corrected chi connectivity index (χ0v) is 27.7. The number of aldehydes is 1. The van der Waals surface area contributed by atoms with Crippen molar-refractivity contribution in [3.05, 3.63) is 71.8 Å². The van der Waals surface area contributed by atoms with Crippen LogP contribution in [-0.2, 0) is 41.7 Å². The second-order valence-corrected chi connectivity index (χ2v) is 11.8. The topological polar surface area (TPSA) is 212 Å². The largest absolute Gasteiger partial charge is 0.445 e. The van der Waals surface area contributed by atoms with Gasteiger partial charge in [0.2, 0.25) is 23.6 Å². The first-order chi connectivity index (χ1) is 22.8. The molecule has 14 nitrogen and oxygen atoms in total. The standard InChI is InChI=1S/C34H47N5O9/c1-21(2)27(18-40)37-30(43)16-15-29(42)26(17-24-11-7-5-8-12-24)38-32(45)23(4)35-31(44)22(3)36-33(46)28(19-41)39-34(47)48-20-25-13-9-6-10-14-25/h5-14,18,21-23,26-29,41-42H,15-17,19-20H2,1-4H3,(H,35,44)(H,36,46)(H,37,43)(H,38,45)(H,39,47)/t22?,23?,26?,27?,28-,29?/m1/s1. The monoisotopic (exact) mass is 669 g/mol. The molecule has 0 spiro atoms. The Morgan fingerprint density at radius 1 is 0.750 bits per heavy atom. The highest BCUT2D eigenvalue weighted by Crippen LogP contribution is 2.12. The maximum absolute atomic E-state index is 13.1. The highest BCUT2D eigenvalue weighted by molar-refractivity contribution is 5.93. The average Bonchev–Trinajstić information content (AvgIpc) is 3.07. The van der Waals surface area contributed by atoms with Gasteiger partial charge in [0.05, 0.1) is 24.8 Å². The Morgan fingerprint density at radius 3 is 1.83 bits per heavy atom. The molecule has 0 fully saturated rings. The molecule has 2 aromatic rings. The van der Waals surface area contributed by atoms with E-state index >= 15 is 0 Å². The number of benzene rings is 2. The smallest absolute Gasteiger partial charge is 0.408 e. The summed E-state index contributed by atoms with van der Waals surface area (Å²) in [5.74, 6) is -2.71. The molecule has 0 aromatic heterocycles. The molecule has 48 heavy (non-hydrogen) atoms. The summed E-state index contributed by atoms with van der Waals surface area (Å²) in [6.45, 7) is 5.56. The van der Waals surface area contributed by atoms with Gasteiger partial charge in [0.25, 0.3) is 0 Å². The number of aliphatic hydroxyl groups excluding tert-OH is 2. The molecular weight excluding hydrogens is 622 g/mol. The molecule has 0 aliphatic carbocycles. The average molecular weight is 670 g/mol. The third-order valence-corrected chi connectivity index (χ3v) is 7.46. The summed E-state index contributed by atoms with van der Waals surface area (Å²) in [7, 11) is 0. The molecule has 5 unspecified atom stereocenters. The Hall–Kier alpha value is -4.82. The third-order valence-electron chi connectivity index (χ3n) is 7.46.